The summed E-state index contributed by atoms with van der Waals surface area (Å²) in [5, 5.41) is 12.8. The Balaban J connectivity index is 2.13. The second kappa shape index (κ2) is 6.16. The Morgan fingerprint density at radius 1 is 1.00 bits per heavy atom. The van der Waals surface area contributed by atoms with Crippen LogP contribution in [-0.4, -0.2) is 32.3 Å². The molecule has 3 rings (SSSR count). The van der Waals surface area contributed by atoms with Crippen LogP contribution in [0.25, 0.3) is 11.6 Å². The normalized spacial score (nSPS) is 14.3. The van der Waals surface area contributed by atoms with Gasteiger partial charge in [-0.05, 0) is 30.3 Å². The largest absolute Gasteiger partial charge is 0.507 e. The number of ether oxygens (including phenoxy) is 3. The van der Waals surface area contributed by atoms with E-state index in [4.69, 9.17) is 14.2 Å². The Hall–Kier alpha value is -3.15. The number of carbonyl (C=O) groups excluding carboxylic acids is 1. The van der Waals surface area contributed by atoms with Crippen molar-refractivity contribution >= 4 is 23.2 Å². The van der Waals surface area contributed by atoms with Gasteiger partial charge in [-0.1, -0.05) is 0 Å². The van der Waals surface area contributed by atoms with Gasteiger partial charge in [-0.25, -0.2) is 0 Å². The molecule has 124 valence electrons. The van der Waals surface area contributed by atoms with Crippen molar-refractivity contribution in [1.29, 1.82) is 0 Å². The lowest BCUT2D eigenvalue weighted by Crippen LogP contribution is -2.03. The van der Waals surface area contributed by atoms with Crippen molar-refractivity contribution in [3.05, 3.63) is 41.5 Å². The first-order chi connectivity index (χ1) is 11.6. The van der Waals surface area contributed by atoms with Crippen LogP contribution in [0.2, 0.25) is 0 Å². The van der Waals surface area contributed by atoms with E-state index in [2.05, 4.69) is 5.32 Å². The summed E-state index contributed by atoms with van der Waals surface area (Å²) in [5.74, 6) is 1.44. The second-order valence-corrected chi connectivity index (χ2v) is 5.19. The summed E-state index contributed by atoms with van der Waals surface area (Å²) in [6.45, 7) is 0. The number of phenols is 1. The van der Waals surface area contributed by atoms with Crippen LogP contribution in [0.1, 0.15) is 11.1 Å². The smallest absolute Gasteiger partial charge is 0.256 e. The van der Waals surface area contributed by atoms with Crippen molar-refractivity contribution in [2.75, 3.05) is 26.6 Å². The van der Waals surface area contributed by atoms with Gasteiger partial charge in [0.05, 0.1) is 27.0 Å². The van der Waals surface area contributed by atoms with Crippen LogP contribution in [0.5, 0.6) is 23.0 Å². The zero-order valence-corrected chi connectivity index (χ0v) is 13.5. The number of carbonyl (C=O) groups is 1. The lowest BCUT2D eigenvalue weighted by Gasteiger charge is -2.09. The molecule has 0 aromatic heterocycles. The van der Waals surface area contributed by atoms with E-state index in [0.29, 0.717) is 39.6 Å². The van der Waals surface area contributed by atoms with Gasteiger partial charge < -0.3 is 24.6 Å². The maximum Gasteiger partial charge on any atom is 0.256 e. The first-order valence-electron chi connectivity index (χ1n) is 7.23. The fourth-order valence-electron chi connectivity index (χ4n) is 2.59. The zero-order valence-electron chi connectivity index (χ0n) is 13.5. The summed E-state index contributed by atoms with van der Waals surface area (Å²) in [6.07, 6.45) is 1.62. The number of anilines is 1. The highest BCUT2D eigenvalue weighted by Gasteiger charge is 2.27. The Bertz CT molecular complexity index is 842. The molecule has 6 heteroatoms. The minimum absolute atomic E-state index is 0.0602. The lowest BCUT2D eigenvalue weighted by atomic mass is 10.0. The van der Waals surface area contributed by atoms with Crippen molar-refractivity contribution < 1.29 is 24.1 Å². The molecule has 0 bridgehead atoms. The van der Waals surface area contributed by atoms with Crippen LogP contribution in [0.4, 0.5) is 5.69 Å². The van der Waals surface area contributed by atoms with E-state index >= 15 is 0 Å². The molecule has 0 spiro atoms. The highest BCUT2D eigenvalue weighted by Crippen LogP contribution is 2.41. The number of phenolic OH excluding ortho intramolecular Hbond substituents is 1. The zero-order chi connectivity index (χ0) is 17.3. The van der Waals surface area contributed by atoms with Crippen molar-refractivity contribution in [2.45, 2.75) is 0 Å². The predicted octanol–water partition coefficient (Wildman–Crippen LogP) is 2.91. The molecular weight excluding hydrogens is 310 g/mol. The average Bonchev–Trinajstić information content (AvgIpc) is 2.90. The summed E-state index contributed by atoms with van der Waals surface area (Å²) in [4.78, 5) is 12.3. The van der Waals surface area contributed by atoms with Crippen LogP contribution >= 0.6 is 0 Å². The van der Waals surface area contributed by atoms with Crippen LogP contribution in [0.3, 0.4) is 0 Å². The van der Waals surface area contributed by atoms with Gasteiger partial charge in [0.2, 0.25) is 0 Å². The molecule has 0 radical (unpaired) electrons. The van der Waals surface area contributed by atoms with Gasteiger partial charge in [0.15, 0.2) is 11.5 Å². The first kappa shape index (κ1) is 15.7. The van der Waals surface area contributed by atoms with Gasteiger partial charge in [0, 0.05) is 22.8 Å². The topological polar surface area (TPSA) is 77.0 Å². The van der Waals surface area contributed by atoms with Gasteiger partial charge in [-0.2, -0.15) is 0 Å². The molecule has 0 unspecified atom stereocenters. The Kier molecular flexibility index (Phi) is 4.04. The van der Waals surface area contributed by atoms with E-state index in [-0.39, 0.29) is 11.7 Å². The summed E-state index contributed by atoms with van der Waals surface area (Å²) in [7, 11) is 4.61. The fraction of sp³-hybridized carbons (Fsp3) is 0.167. The third-order valence-corrected chi connectivity index (χ3v) is 3.84. The van der Waals surface area contributed by atoms with E-state index in [1.165, 1.54) is 27.4 Å². The van der Waals surface area contributed by atoms with Gasteiger partial charge >= 0.3 is 0 Å². The monoisotopic (exact) mass is 327 g/mol. The minimum atomic E-state index is -0.262. The minimum Gasteiger partial charge on any atom is -0.507 e. The molecule has 1 amide bonds. The maximum atomic E-state index is 12.3. The number of hydrogen-bond donors (Lipinski definition) is 2. The highest BCUT2D eigenvalue weighted by atomic mass is 16.5. The Labute approximate surface area is 139 Å². The third-order valence-electron chi connectivity index (χ3n) is 3.84. The predicted molar refractivity (Wildman–Crippen MR) is 90.7 cm³/mol. The first-order valence-corrected chi connectivity index (χ1v) is 7.23. The van der Waals surface area contributed by atoms with Crippen LogP contribution in [0.15, 0.2) is 30.3 Å². The SMILES string of the molecule is COc1ccc(O)c(C=C2C(=O)Nc3cc(OC)c(OC)cc32)c1. The van der Waals surface area contributed by atoms with Crippen LogP contribution in [0, 0.1) is 0 Å². The van der Waals surface area contributed by atoms with E-state index in [1.54, 1.807) is 30.3 Å². The van der Waals surface area contributed by atoms with Crippen molar-refractivity contribution in [3.63, 3.8) is 0 Å². The molecule has 0 fully saturated rings. The molecule has 24 heavy (non-hydrogen) atoms. The van der Waals surface area contributed by atoms with Crippen LogP contribution < -0.4 is 19.5 Å². The van der Waals surface area contributed by atoms with Gasteiger partial charge in [0.1, 0.15) is 11.5 Å². The molecule has 0 saturated carbocycles. The summed E-state index contributed by atoms with van der Waals surface area (Å²) in [5.41, 5.74) is 2.22. The summed E-state index contributed by atoms with van der Waals surface area (Å²) in [6, 6.07) is 8.27. The number of benzene rings is 2. The molecular formula is C18H17NO5. The molecule has 1 aliphatic heterocycles. The fourth-order valence-corrected chi connectivity index (χ4v) is 2.59. The van der Waals surface area contributed by atoms with Crippen molar-refractivity contribution in [1.82, 2.24) is 0 Å². The molecule has 6 nitrogen and oxygen atoms in total. The molecule has 1 aliphatic rings. The van der Waals surface area contributed by atoms with E-state index in [1.807, 2.05) is 0 Å². The number of fused-ring (bicyclic) bond motifs is 1. The molecule has 0 atom stereocenters. The summed E-state index contributed by atoms with van der Waals surface area (Å²) < 4.78 is 15.7. The van der Waals surface area contributed by atoms with E-state index < -0.39 is 0 Å². The quantitative estimate of drug-likeness (QED) is 0.844. The Morgan fingerprint density at radius 2 is 1.71 bits per heavy atom. The lowest BCUT2D eigenvalue weighted by molar-refractivity contribution is -0.110. The third kappa shape index (κ3) is 2.62. The maximum absolute atomic E-state index is 12.3. The van der Waals surface area contributed by atoms with Gasteiger partial charge in [-0.15, -0.1) is 0 Å². The molecule has 2 aromatic rings. The molecule has 2 N–H and O–H groups in total. The average molecular weight is 327 g/mol. The van der Waals surface area contributed by atoms with Crippen molar-refractivity contribution in [2.24, 2.45) is 0 Å². The molecule has 0 aliphatic carbocycles. The Morgan fingerprint density at radius 3 is 2.38 bits per heavy atom. The van der Waals surface area contributed by atoms with Crippen LogP contribution in [-0.2, 0) is 4.79 Å². The number of nitrogens with one attached hydrogen (secondary N) is 1. The summed E-state index contributed by atoms with van der Waals surface area (Å²) >= 11 is 0. The highest BCUT2D eigenvalue weighted by molar-refractivity contribution is 6.35. The van der Waals surface area contributed by atoms with E-state index in [0.717, 1.165) is 0 Å². The number of rotatable bonds is 4. The number of aromatic hydroxyl groups is 1. The standard InChI is InChI=1S/C18H17NO5/c1-22-11-4-5-15(20)10(6-11)7-13-12-8-16(23-2)17(24-3)9-14(12)19-18(13)21/h4-9,20H,1-3H3,(H,19,21). The van der Waals surface area contributed by atoms with E-state index in [9.17, 15) is 9.90 Å². The number of amides is 1. The van der Waals surface area contributed by atoms with Gasteiger partial charge in [0.25, 0.3) is 5.91 Å². The molecule has 0 saturated heterocycles. The molecule has 1 heterocycles. The number of hydrogen-bond acceptors (Lipinski definition) is 5. The number of methoxy groups -OCH3 is 3. The van der Waals surface area contributed by atoms with Crippen molar-refractivity contribution in [3.8, 4) is 23.0 Å². The van der Waals surface area contributed by atoms with Gasteiger partial charge in [-0.3, -0.25) is 4.79 Å². The second-order valence-electron chi connectivity index (χ2n) is 5.19. The molecule has 2 aromatic carbocycles.